The first kappa shape index (κ1) is 19.1. The first-order chi connectivity index (χ1) is 11.4. The largest absolute Gasteiger partial charge is 0.376 e. The summed E-state index contributed by atoms with van der Waals surface area (Å²) in [7, 11) is 1.81. The van der Waals surface area contributed by atoms with Gasteiger partial charge in [0.05, 0.1) is 6.10 Å². The van der Waals surface area contributed by atoms with E-state index in [9.17, 15) is 0 Å². The van der Waals surface area contributed by atoms with Crippen LogP contribution in [0.25, 0.3) is 10.9 Å². The van der Waals surface area contributed by atoms with Crippen molar-refractivity contribution >= 4 is 40.8 Å². The predicted molar refractivity (Wildman–Crippen MR) is 110 cm³/mol. The van der Waals surface area contributed by atoms with Crippen molar-refractivity contribution in [3.05, 3.63) is 36.0 Å². The first-order valence-electron chi connectivity index (χ1n) is 8.48. The predicted octanol–water partition coefficient (Wildman–Crippen LogP) is 3.06. The number of halogens is 1. The van der Waals surface area contributed by atoms with E-state index in [1.807, 2.05) is 7.05 Å². The van der Waals surface area contributed by atoms with Crippen molar-refractivity contribution in [2.24, 2.45) is 4.99 Å². The van der Waals surface area contributed by atoms with Gasteiger partial charge in [-0.3, -0.25) is 4.99 Å². The van der Waals surface area contributed by atoms with Crippen LogP contribution in [-0.2, 0) is 11.2 Å². The fraction of sp³-hybridized carbons (Fsp3) is 0.500. The lowest BCUT2D eigenvalue weighted by Crippen LogP contribution is -2.41. The van der Waals surface area contributed by atoms with Gasteiger partial charge < -0.3 is 20.4 Å². The van der Waals surface area contributed by atoms with Crippen molar-refractivity contribution in [1.29, 1.82) is 0 Å². The van der Waals surface area contributed by atoms with Gasteiger partial charge in [-0.2, -0.15) is 0 Å². The Morgan fingerprint density at radius 2 is 2.21 bits per heavy atom. The minimum Gasteiger partial charge on any atom is -0.376 e. The topological polar surface area (TPSA) is 61.4 Å². The Morgan fingerprint density at radius 1 is 1.33 bits per heavy atom. The number of aryl methyl sites for hydroxylation is 1. The molecular weight excluding hydrogens is 415 g/mol. The lowest BCUT2D eigenvalue weighted by Gasteiger charge is -2.14. The van der Waals surface area contributed by atoms with E-state index in [2.05, 4.69) is 51.1 Å². The monoisotopic (exact) mass is 442 g/mol. The molecule has 1 fully saturated rings. The highest BCUT2D eigenvalue weighted by atomic mass is 127. The van der Waals surface area contributed by atoms with Crippen molar-refractivity contribution in [2.75, 3.05) is 26.7 Å². The number of hydrogen-bond acceptors (Lipinski definition) is 2. The second kappa shape index (κ2) is 9.88. The second-order valence-electron chi connectivity index (χ2n) is 5.98. The third-order valence-corrected chi connectivity index (χ3v) is 4.34. The number of hydrogen-bond donors (Lipinski definition) is 3. The molecule has 0 aliphatic carbocycles. The molecule has 1 aliphatic heterocycles. The summed E-state index contributed by atoms with van der Waals surface area (Å²) >= 11 is 0. The van der Waals surface area contributed by atoms with E-state index in [1.165, 1.54) is 22.9 Å². The molecule has 0 bridgehead atoms. The zero-order chi connectivity index (χ0) is 15.9. The maximum absolute atomic E-state index is 5.61. The maximum atomic E-state index is 5.61. The molecule has 3 rings (SSSR count). The Hall–Kier alpha value is -1.28. The SMILES string of the molecule is CN=C(NCCCc1c[nH]c2ccccc12)NCC1CCCO1.I. The van der Waals surface area contributed by atoms with E-state index in [0.717, 1.165) is 44.9 Å². The van der Waals surface area contributed by atoms with Gasteiger partial charge in [0.25, 0.3) is 0 Å². The van der Waals surface area contributed by atoms with Crippen LogP contribution in [-0.4, -0.2) is 43.8 Å². The molecule has 0 saturated carbocycles. The quantitative estimate of drug-likeness (QED) is 0.279. The molecule has 132 valence electrons. The Labute approximate surface area is 160 Å². The van der Waals surface area contributed by atoms with Crippen LogP contribution in [0.4, 0.5) is 0 Å². The zero-order valence-electron chi connectivity index (χ0n) is 14.2. The summed E-state index contributed by atoms with van der Waals surface area (Å²) in [6, 6.07) is 8.45. The van der Waals surface area contributed by atoms with E-state index >= 15 is 0 Å². The van der Waals surface area contributed by atoms with Crippen molar-refractivity contribution in [3.8, 4) is 0 Å². The molecule has 2 aromatic rings. The van der Waals surface area contributed by atoms with Gasteiger partial charge in [0, 0.05) is 43.8 Å². The maximum Gasteiger partial charge on any atom is 0.191 e. The molecule has 24 heavy (non-hydrogen) atoms. The first-order valence-corrected chi connectivity index (χ1v) is 8.48. The van der Waals surface area contributed by atoms with Gasteiger partial charge in [0.1, 0.15) is 0 Å². The molecule has 6 heteroatoms. The summed E-state index contributed by atoms with van der Waals surface area (Å²) in [4.78, 5) is 7.60. The number of guanidine groups is 1. The number of ether oxygens (including phenoxy) is 1. The number of aliphatic imine (C=N–C) groups is 1. The highest BCUT2D eigenvalue weighted by Crippen LogP contribution is 2.18. The van der Waals surface area contributed by atoms with Crippen molar-refractivity contribution in [3.63, 3.8) is 0 Å². The molecule has 0 amide bonds. The van der Waals surface area contributed by atoms with E-state index in [4.69, 9.17) is 4.74 Å². The van der Waals surface area contributed by atoms with Crippen LogP contribution < -0.4 is 10.6 Å². The van der Waals surface area contributed by atoms with Crippen molar-refractivity contribution in [2.45, 2.75) is 31.8 Å². The van der Waals surface area contributed by atoms with Crippen LogP contribution >= 0.6 is 24.0 Å². The number of aromatic amines is 1. The van der Waals surface area contributed by atoms with Crippen LogP contribution in [0, 0.1) is 0 Å². The van der Waals surface area contributed by atoms with E-state index in [1.54, 1.807) is 0 Å². The molecule has 1 aromatic carbocycles. The minimum atomic E-state index is 0. The van der Waals surface area contributed by atoms with Crippen LogP contribution in [0.1, 0.15) is 24.8 Å². The summed E-state index contributed by atoms with van der Waals surface area (Å²) < 4.78 is 5.61. The summed E-state index contributed by atoms with van der Waals surface area (Å²) in [6.07, 6.45) is 6.89. The van der Waals surface area contributed by atoms with Crippen molar-refractivity contribution in [1.82, 2.24) is 15.6 Å². The number of nitrogens with zero attached hydrogens (tertiary/aromatic N) is 1. The van der Waals surface area contributed by atoms with Gasteiger partial charge in [-0.25, -0.2) is 0 Å². The number of H-pyrrole nitrogens is 1. The minimum absolute atomic E-state index is 0. The number of para-hydroxylation sites is 1. The summed E-state index contributed by atoms with van der Waals surface area (Å²) in [5.41, 5.74) is 2.59. The van der Waals surface area contributed by atoms with Crippen LogP contribution in [0.5, 0.6) is 0 Å². The van der Waals surface area contributed by atoms with Gasteiger partial charge in [-0.05, 0) is 37.3 Å². The van der Waals surface area contributed by atoms with Gasteiger partial charge in [0.15, 0.2) is 5.96 Å². The molecule has 1 aliphatic rings. The Morgan fingerprint density at radius 3 is 3.00 bits per heavy atom. The average Bonchev–Trinajstić information content (AvgIpc) is 3.24. The highest BCUT2D eigenvalue weighted by molar-refractivity contribution is 14.0. The number of fused-ring (bicyclic) bond motifs is 1. The smallest absolute Gasteiger partial charge is 0.191 e. The lowest BCUT2D eigenvalue weighted by atomic mass is 10.1. The second-order valence-corrected chi connectivity index (χ2v) is 5.98. The Bertz CT molecular complexity index is 649. The molecule has 3 N–H and O–H groups in total. The van der Waals surface area contributed by atoms with Crippen molar-refractivity contribution < 1.29 is 4.74 Å². The molecular formula is C18H27IN4O. The molecule has 1 unspecified atom stereocenters. The Kier molecular flexibility index (Phi) is 7.84. The van der Waals surface area contributed by atoms with Crippen LogP contribution in [0.3, 0.4) is 0 Å². The standard InChI is InChI=1S/C18H26N4O.HI/c1-19-18(22-13-15-7-5-11-23-15)20-10-4-6-14-12-21-17-9-3-2-8-16(14)17;/h2-3,8-9,12,15,21H,4-7,10-11,13H2,1H3,(H2,19,20,22);1H. The Balaban J connectivity index is 0.00000208. The van der Waals surface area contributed by atoms with Gasteiger partial charge >= 0.3 is 0 Å². The third kappa shape index (κ3) is 5.11. The van der Waals surface area contributed by atoms with Gasteiger partial charge in [-0.15, -0.1) is 24.0 Å². The number of rotatable bonds is 6. The molecule has 1 aromatic heterocycles. The van der Waals surface area contributed by atoms with E-state index in [-0.39, 0.29) is 24.0 Å². The van der Waals surface area contributed by atoms with E-state index < -0.39 is 0 Å². The fourth-order valence-electron chi connectivity index (χ4n) is 3.06. The number of aromatic nitrogens is 1. The summed E-state index contributed by atoms with van der Waals surface area (Å²) in [6.45, 7) is 2.63. The molecule has 5 nitrogen and oxygen atoms in total. The zero-order valence-corrected chi connectivity index (χ0v) is 16.5. The molecule has 2 heterocycles. The van der Waals surface area contributed by atoms with Gasteiger partial charge in [0.2, 0.25) is 0 Å². The number of nitrogens with one attached hydrogen (secondary N) is 3. The lowest BCUT2D eigenvalue weighted by molar-refractivity contribution is 0.114. The van der Waals surface area contributed by atoms with Crippen LogP contribution in [0.15, 0.2) is 35.5 Å². The summed E-state index contributed by atoms with van der Waals surface area (Å²) in [5.74, 6) is 0.861. The highest BCUT2D eigenvalue weighted by Gasteiger charge is 2.15. The molecule has 1 atom stereocenters. The summed E-state index contributed by atoms with van der Waals surface area (Å²) in [5, 5.41) is 8.05. The average molecular weight is 442 g/mol. The normalized spacial score (nSPS) is 17.7. The molecule has 1 saturated heterocycles. The molecule has 0 spiro atoms. The van der Waals surface area contributed by atoms with Crippen LogP contribution in [0.2, 0.25) is 0 Å². The van der Waals surface area contributed by atoms with E-state index in [0.29, 0.717) is 6.10 Å². The van der Waals surface area contributed by atoms with Gasteiger partial charge in [-0.1, -0.05) is 18.2 Å². The fourth-order valence-corrected chi connectivity index (χ4v) is 3.06. The number of benzene rings is 1. The molecule has 0 radical (unpaired) electrons. The third-order valence-electron chi connectivity index (χ3n) is 4.34.